The monoisotopic (exact) mass is 264 g/mol. The van der Waals surface area contributed by atoms with Crippen molar-refractivity contribution in [3.8, 4) is 0 Å². The summed E-state index contributed by atoms with van der Waals surface area (Å²) in [5.74, 6) is 2.23. The van der Waals surface area contributed by atoms with Gasteiger partial charge >= 0.3 is 0 Å². The summed E-state index contributed by atoms with van der Waals surface area (Å²) in [6.45, 7) is 2.01. The van der Waals surface area contributed by atoms with Crippen molar-refractivity contribution in [3.63, 3.8) is 0 Å². The highest BCUT2D eigenvalue weighted by molar-refractivity contribution is 7.85. The fourth-order valence-electron chi connectivity index (χ4n) is 2.22. The summed E-state index contributed by atoms with van der Waals surface area (Å²) < 4.78 is 13.1. The Kier molecular flexibility index (Phi) is 3.03. The van der Waals surface area contributed by atoms with Crippen LogP contribution in [0.15, 0.2) is 18.2 Å². The molecule has 1 N–H and O–H groups in total. The van der Waals surface area contributed by atoms with Crippen LogP contribution in [0.2, 0.25) is 0 Å². The van der Waals surface area contributed by atoms with Crippen molar-refractivity contribution in [2.75, 3.05) is 16.8 Å². The third-order valence-electron chi connectivity index (χ3n) is 3.27. The Morgan fingerprint density at radius 3 is 2.89 bits per heavy atom. The summed E-state index contributed by atoms with van der Waals surface area (Å²) in [4.78, 5) is 4.45. The molecule has 0 aliphatic carbocycles. The standard InChI is InChI=1S/C12H16N4OS/c1-9-3-2-4-11-14-12(15-16(9)11)13-10-5-7-18(17)8-6-10/h2-4,10H,5-8H2,1H3,(H,13,15). The normalized spacial score (nSPS) is 24.3. The maximum Gasteiger partial charge on any atom is 0.243 e. The summed E-state index contributed by atoms with van der Waals surface area (Å²) >= 11 is 0. The SMILES string of the molecule is Cc1cccc2nc(NC3CCS(=O)CC3)nn12. The fraction of sp³-hybridized carbons (Fsp3) is 0.500. The van der Waals surface area contributed by atoms with Gasteiger partial charge in [0.1, 0.15) is 0 Å². The smallest absolute Gasteiger partial charge is 0.243 e. The first-order chi connectivity index (χ1) is 8.72. The molecule has 3 rings (SSSR count). The predicted molar refractivity (Wildman–Crippen MR) is 72.2 cm³/mol. The average molecular weight is 264 g/mol. The van der Waals surface area contributed by atoms with Crippen LogP contribution >= 0.6 is 0 Å². The molecular weight excluding hydrogens is 248 g/mol. The molecule has 1 aliphatic heterocycles. The van der Waals surface area contributed by atoms with E-state index in [9.17, 15) is 4.21 Å². The van der Waals surface area contributed by atoms with Crippen molar-refractivity contribution < 1.29 is 4.21 Å². The Morgan fingerprint density at radius 2 is 2.17 bits per heavy atom. The van der Waals surface area contributed by atoms with E-state index in [0.717, 1.165) is 35.7 Å². The van der Waals surface area contributed by atoms with Gasteiger partial charge in [0.15, 0.2) is 5.65 Å². The second-order valence-corrected chi connectivity index (χ2v) is 6.34. The summed E-state index contributed by atoms with van der Waals surface area (Å²) in [5.41, 5.74) is 1.93. The van der Waals surface area contributed by atoms with Crippen LogP contribution in [0, 0.1) is 6.92 Å². The van der Waals surface area contributed by atoms with Crippen LogP contribution in [-0.4, -0.2) is 36.4 Å². The van der Waals surface area contributed by atoms with E-state index in [4.69, 9.17) is 0 Å². The van der Waals surface area contributed by atoms with Crippen molar-refractivity contribution in [2.45, 2.75) is 25.8 Å². The Balaban J connectivity index is 1.79. The molecule has 2 aromatic rings. The number of pyridine rings is 1. The first kappa shape index (κ1) is 11.6. The Labute approximate surface area is 108 Å². The van der Waals surface area contributed by atoms with Gasteiger partial charge in [-0.15, -0.1) is 5.10 Å². The highest BCUT2D eigenvalue weighted by atomic mass is 32.2. The number of rotatable bonds is 2. The lowest BCUT2D eigenvalue weighted by Gasteiger charge is -2.21. The minimum absolute atomic E-state index is 0.348. The number of hydrogen-bond donors (Lipinski definition) is 1. The highest BCUT2D eigenvalue weighted by Gasteiger charge is 2.19. The number of anilines is 1. The van der Waals surface area contributed by atoms with E-state index in [2.05, 4.69) is 15.4 Å². The quantitative estimate of drug-likeness (QED) is 0.890. The van der Waals surface area contributed by atoms with E-state index in [-0.39, 0.29) is 0 Å². The van der Waals surface area contributed by atoms with E-state index in [1.54, 1.807) is 0 Å². The molecule has 0 atom stereocenters. The maximum atomic E-state index is 11.3. The molecule has 1 fully saturated rings. The van der Waals surface area contributed by atoms with E-state index >= 15 is 0 Å². The molecule has 5 nitrogen and oxygen atoms in total. The van der Waals surface area contributed by atoms with Crippen LogP contribution in [0.4, 0.5) is 5.95 Å². The van der Waals surface area contributed by atoms with Crippen LogP contribution in [0.25, 0.3) is 5.65 Å². The number of fused-ring (bicyclic) bond motifs is 1. The van der Waals surface area contributed by atoms with E-state index in [1.807, 2.05) is 29.6 Å². The number of aryl methyl sites for hydroxylation is 1. The molecule has 0 amide bonds. The van der Waals surface area contributed by atoms with E-state index in [1.165, 1.54) is 0 Å². The molecule has 0 aromatic carbocycles. The van der Waals surface area contributed by atoms with Gasteiger partial charge in [-0.05, 0) is 31.9 Å². The van der Waals surface area contributed by atoms with Crippen molar-refractivity contribution in [3.05, 3.63) is 23.9 Å². The molecule has 1 saturated heterocycles. The van der Waals surface area contributed by atoms with Crippen LogP contribution in [0.1, 0.15) is 18.5 Å². The van der Waals surface area contributed by atoms with Gasteiger partial charge < -0.3 is 5.32 Å². The topological polar surface area (TPSA) is 59.3 Å². The third kappa shape index (κ3) is 2.25. The highest BCUT2D eigenvalue weighted by Crippen LogP contribution is 2.15. The Hall–Kier alpha value is -1.43. The number of hydrogen-bond acceptors (Lipinski definition) is 4. The molecule has 0 bridgehead atoms. The minimum Gasteiger partial charge on any atom is -0.350 e. The number of nitrogens with zero attached hydrogens (tertiary/aromatic N) is 3. The lowest BCUT2D eigenvalue weighted by molar-refractivity contribution is 0.620. The zero-order valence-corrected chi connectivity index (χ0v) is 11.1. The molecule has 0 radical (unpaired) electrons. The van der Waals surface area contributed by atoms with Gasteiger partial charge in [0.25, 0.3) is 0 Å². The zero-order valence-electron chi connectivity index (χ0n) is 10.3. The van der Waals surface area contributed by atoms with Crippen LogP contribution in [-0.2, 0) is 10.8 Å². The second kappa shape index (κ2) is 4.68. The second-order valence-electron chi connectivity index (χ2n) is 4.64. The molecule has 1 aliphatic rings. The predicted octanol–water partition coefficient (Wildman–Crippen LogP) is 1.36. The van der Waals surface area contributed by atoms with Crippen molar-refractivity contribution >= 4 is 22.4 Å². The van der Waals surface area contributed by atoms with Gasteiger partial charge in [-0.1, -0.05) is 6.07 Å². The molecule has 3 heterocycles. The van der Waals surface area contributed by atoms with Gasteiger partial charge in [0.05, 0.1) is 0 Å². The van der Waals surface area contributed by atoms with Gasteiger partial charge in [-0.25, -0.2) is 4.52 Å². The Morgan fingerprint density at radius 1 is 1.39 bits per heavy atom. The molecule has 2 aromatic heterocycles. The van der Waals surface area contributed by atoms with Gasteiger partial charge in [-0.2, -0.15) is 4.98 Å². The number of aromatic nitrogens is 3. The molecular formula is C12H16N4OS. The molecule has 6 heteroatoms. The van der Waals surface area contributed by atoms with Crippen LogP contribution in [0.5, 0.6) is 0 Å². The third-order valence-corrected chi connectivity index (χ3v) is 4.65. The first-order valence-electron chi connectivity index (χ1n) is 6.16. The average Bonchev–Trinajstić information content (AvgIpc) is 2.76. The lowest BCUT2D eigenvalue weighted by Crippen LogP contribution is -2.29. The minimum atomic E-state index is -0.623. The van der Waals surface area contributed by atoms with E-state index < -0.39 is 10.8 Å². The molecule has 96 valence electrons. The molecule has 0 unspecified atom stereocenters. The summed E-state index contributed by atoms with van der Waals surface area (Å²) in [6, 6.07) is 6.28. The summed E-state index contributed by atoms with van der Waals surface area (Å²) in [6.07, 6.45) is 1.86. The van der Waals surface area contributed by atoms with Crippen LogP contribution < -0.4 is 5.32 Å². The van der Waals surface area contributed by atoms with Crippen molar-refractivity contribution in [1.82, 2.24) is 14.6 Å². The van der Waals surface area contributed by atoms with Gasteiger partial charge in [0, 0.05) is 34.0 Å². The molecule has 18 heavy (non-hydrogen) atoms. The summed E-state index contributed by atoms with van der Waals surface area (Å²) in [7, 11) is -0.623. The largest absolute Gasteiger partial charge is 0.350 e. The summed E-state index contributed by atoms with van der Waals surface area (Å²) in [5, 5.41) is 7.78. The van der Waals surface area contributed by atoms with Gasteiger partial charge in [-0.3, -0.25) is 4.21 Å². The first-order valence-corrected chi connectivity index (χ1v) is 7.65. The van der Waals surface area contributed by atoms with Crippen LogP contribution in [0.3, 0.4) is 0 Å². The lowest BCUT2D eigenvalue weighted by atomic mass is 10.2. The molecule has 0 saturated carbocycles. The van der Waals surface area contributed by atoms with Gasteiger partial charge in [0.2, 0.25) is 5.95 Å². The van der Waals surface area contributed by atoms with E-state index in [0.29, 0.717) is 12.0 Å². The van der Waals surface area contributed by atoms with Crippen molar-refractivity contribution in [1.29, 1.82) is 0 Å². The van der Waals surface area contributed by atoms with Crippen molar-refractivity contribution in [2.24, 2.45) is 0 Å². The maximum absolute atomic E-state index is 11.3. The zero-order chi connectivity index (χ0) is 12.5. The Bertz CT molecular complexity index is 585. The fourth-order valence-corrected chi connectivity index (χ4v) is 3.52. The molecule has 0 spiro atoms. The number of nitrogens with one attached hydrogen (secondary N) is 1.